The lowest BCUT2D eigenvalue weighted by Gasteiger charge is -2.13. The Bertz CT molecular complexity index is 425. The number of carbonyl (C=O) groups is 2. The van der Waals surface area contributed by atoms with E-state index in [0.717, 1.165) is 11.1 Å². The second kappa shape index (κ2) is 3.50. The smallest absolute Gasteiger partial charge is 0.234 e. The van der Waals surface area contributed by atoms with E-state index in [0.29, 0.717) is 0 Å². The fourth-order valence-electron chi connectivity index (χ4n) is 2.04. The van der Waals surface area contributed by atoms with Crippen LogP contribution in [0, 0.1) is 12.8 Å². The van der Waals surface area contributed by atoms with Crippen LogP contribution in [0.15, 0.2) is 24.3 Å². The summed E-state index contributed by atoms with van der Waals surface area (Å²) >= 11 is 0. The number of hydrogen-bond acceptors (Lipinski definition) is 2. The molecular weight excluding hydrogens is 190 g/mol. The van der Waals surface area contributed by atoms with Gasteiger partial charge in [0.25, 0.3) is 0 Å². The van der Waals surface area contributed by atoms with Gasteiger partial charge in [0.1, 0.15) is 0 Å². The highest BCUT2D eigenvalue weighted by Crippen LogP contribution is 2.31. The molecule has 1 heterocycles. The van der Waals surface area contributed by atoms with Gasteiger partial charge in [0, 0.05) is 0 Å². The Labute approximate surface area is 88.5 Å². The van der Waals surface area contributed by atoms with Gasteiger partial charge in [-0.25, -0.2) is 0 Å². The molecule has 1 N–H and O–H groups in total. The molecule has 0 aliphatic carbocycles. The molecule has 3 nitrogen and oxygen atoms in total. The van der Waals surface area contributed by atoms with Gasteiger partial charge in [-0.2, -0.15) is 0 Å². The van der Waals surface area contributed by atoms with Gasteiger partial charge in [-0.1, -0.05) is 31.2 Å². The first-order valence-electron chi connectivity index (χ1n) is 5.01. The molecule has 15 heavy (non-hydrogen) atoms. The third-order valence-corrected chi connectivity index (χ3v) is 2.97. The highest BCUT2D eigenvalue weighted by atomic mass is 16.2. The average Bonchev–Trinajstić information content (AvgIpc) is 2.43. The highest BCUT2D eigenvalue weighted by molar-refractivity contribution is 6.07. The van der Waals surface area contributed by atoms with Crippen LogP contribution >= 0.6 is 0 Å². The molecule has 2 amide bonds. The van der Waals surface area contributed by atoms with Crippen LogP contribution in [0.1, 0.15) is 24.0 Å². The molecule has 0 bridgehead atoms. The maximum absolute atomic E-state index is 11.6. The van der Waals surface area contributed by atoms with Gasteiger partial charge in [-0.3, -0.25) is 14.9 Å². The lowest BCUT2D eigenvalue weighted by Crippen LogP contribution is -2.21. The fourth-order valence-corrected chi connectivity index (χ4v) is 2.04. The summed E-state index contributed by atoms with van der Waals surface area (Å²) in [5, 5.41) is 2.36. The number of aryl methyl sites for hydroxylation is 1. The SMILES string of the molecule is Cc1ccccc1[C@@H]1C(=O)NC(=O)[C@@H]1C. The summed E-state index contributed by atoms with van der Waals surface area (Å²) in [6.45, 7) is 3.75. The van der Waals surface area contributed by atoms with Crippen molar-refractivity contribution in [2.24, 2.45) is 5.92 Å². The summed E-state index contributed by atoms with van der Waals surface area (Å²) in [6.07, 6.45) is 0. The third kappa shape index (κ3) is 1.54. The van der Waals surface area contributed by atoms with Crippen molar-refractivity contribution in [2.45, 2.75) is 19.8 Å². The molecule has 1 aromatic rings. The number of hydrogen-bond donors (Lipinski definition) is 1. The maximum Gasteiger partial charge on any atom is 0.234 e. The van der Waals surface area contributed by atoms with Gasteiger partial charge in [0.05, 0.1) is 11.8 Å². The second-order valence-corrected chi connectivity index (χ2v) is 3.98. The molecule has 1 fully saturated rings. The molecule has 3 heteroatoms. The Morgan fingerprint density at radius 3 is 2.33 bits per heavy atom. The van der Waals surface area contributed by atoms with Crippen LogP contribution in [0.5, 0.6) is 0 Å². The minimum absolute atomic E-state index is 0.173. The second-order valence-electron chi connectivity index (χ2n) is 3.98. The minimum atomic E-state index is -0.321. The van der Waals surface area contributed by atoms with E-state index in [1.807, 2.05) is 31.2 Å². The van der Waals surface area contributed by atoms with Crippen molar-refractivity contribution in [2.75, 3.05) is 0 Å². The number of benzene rings is 1. The number of carbonyl (C=O) groups excluding carboxylic acids is 2. The quantitative estimate of drug-likeness (QED) is 0.701. The largest absolute Gasteiger partial charge is 0.296 e. The standard InChI is InChI=1S/C12H13NO2/c1-7-5-3-4-6-9(7)10-8(2)11(14)13-12(10)15/h3-6,8,10H,1-2H3,(H,13,14,15)/t8-,10-/m1/s1. The van der Waals surface area contributed by atoms with Gasteiger partial charge in [0.2, 0.25) is 11.8 Å². The third-order valence-electron chi connectivity index (χ3n) is 2.97. The zero-order valence-electron chi connectivity index (χ0n) is 8.78. The van der Waals surface area contributed by atoms with Gasteiger partial charge < -0.3 is 0 Å². The first kappa shape index (κ1) is 9.90. The Hall–Kier alpha value is -1.64. The monoisotopic (exact) mass is 203 g/mol. The normalized spacial score (nSPS) is 25.5. The van der Waals surface area contributed by atoms with Crippen molar-refractivity contribution >= 4 is 11.8 Å². The Balaban J connectivity index is 2.43. The maximum atomic E-state index is 11.6. The summed E-state index contributed by atoms with van der Waals surface area (Å²) < 4.78 is 0. The van der Waals surface area contributed by atoms with E-state index in [1.165, 1.54) is 0 Å². The van der Waals surface area contributed by atoms with E-state index in [9.17, 15) is 9.59 Å². The van der Waals surface area contributed by atoms with E-state index in [1.54, 1.807) is 6.92 Å². The number of rotatable bonds is 1. The van der Waals surface area contributed by atoms with Crippen molar-refractivity contribution in [3.05, 3.63) is 35.4 Å². The average molecular weight is 203 g/mol. The first-order valence-corrected chi connectivity index (χ1v) is 5.01. The summed E-state index contributed by atoms with van der Waals surface area (Å²) in [4.78, 5) is 23.0. The molecule has 0 saturated carbocycles. The predicted molar refractivity (Wildman–Crippen MR) is 56.2 cm³/mol. The molecule has 1 aliphatic heterocycles. The molecule has 2 atom stereocenters. The topological polar surface area (TPSA) is 46.2 Å². The Morgan fingerprint density at radius 2 is 1.80 bits per heavy atom. The van der Waals surface area contributed by atoms with Crippen LogP contribution in [0.4, 0.5) is 0 Å². The lowest BCUT2D eigenvalue weighted by molar-refractivity contribution is -0.125. The minimum Gasteiger partial charge on any atom is -0.296 e. The zero-order valence-corrected chi connectivity index (χ0v) is 8.78. The first-order chi connectivity index (χ1) is 7.11. The van der Waals surface area contributed by atoms with Crippen molar-refractivity contribution in [1.82, 2.24) is 5.32 Å². The van der Waals surface area contributed by atoms with E-state index in [2.05, 4.69) is 5.32 Å². The van der Waals surface area contributed by atoms with Crippen LogP contribution in [0.25, 0.3) is 0 Å². The van der Waals surface area contributed by atoms with E-state index in [-0.39, 0.29) is 23.7 Å². The van der Waals surface area contributed by atoms with E-state index in [4.69, 9.17) is 0 Å². The van der Waals surface area contributed by atoms with Gasteiger partial charge >= 0.3 is 0 Å². The van der Waals surface area contributed by atoms with Crippen molar-refractivity contribution in [1.29, 1.82) is 0 Å². The summed E-state index contributed by atoms with van der Waals surface area (Å²) in [6, 6.07) is 7.69. The number of nitrogens with one attached hydrogen (secondary N) is 1. The van der Waals surface area contributed by atoms with E-state index < -0.39 is 0 Å². The molecule has 1 saturated heterocycles. The van der Waals surface area contributed by atoms with Crippen molar-refractivity contribution < 1.29 is 9.59 Å². The summed E-state index contributed by atoms with van der Waals surface area (Å²) in [5.74, 6) is -0.938. The van der Waals surface area contributed by atoms with Crippen LogP contribution in [-0.4, -0.2) is 11.8 Å². The summed E-state index contributed by atoms with van der Waals surface area (Å²) in [5.41, 5.74) is 2.01. The molecule has 0 spiro atoms. The van der Waals surface area contributed by atoms with Gasteiger partial charge in [-0.05, 0) is 18.1 Å². The van der Waals surface area contributed by atoms with Crippen LogP contribution in [0.3, 0.4) is 0 Å². The molecule has 2 rings (SSSR count). The number of amides is 2. The highest BCUT2D eigenvalue weighted by Gasteiger charge is 2.39. The van der Waals surface area contributed by atoms with Crippen LogP contribution < -0.4 is 5.32 Å². The lowest BCUT2D eigenvalue weighted by atomic mass is 9.87. The predicted octanol–water partition coefficient (Wildman–Crippen LogP) is 1.37. The van der Waals surface area contributed by atoms with Crippen molar-refractivity contribution in [3.8, 4) is 0 Å². The van der Waals surface area contributed by atoms with Crippen molar-refractivity contribution in [3.63, 3.8) is 0 Å². The van der Waals surface area contributed by atoms with E-state index >= 15 is 0 Å². The molecular formula is C12H13NO2. The Kier molecular flexibility index (Phi) is 2.31. The fraction of sp³-hybridized carbons (Fsp3) is 0.333. The van der Waals surface area contributed by atoms with Crippen LogP contribution in [0.2, 0.25) is 0 Å². The van der Waals surface area contributed by atoms with Gasteiger partial charge in [-0.15, -0.1) is 0 Å². The summed E-state index contributed by atoms with van der Waals surface area (Å²) in [7, 11) is 0. The molecule has 0 unspecified atom stereocenters. The molecule has 0 aromatic heterocycles. The molecule has 1 aromatic carbocycles. The zero-order chi connectivity index (χ0) is 11.0. The molecule has 1 aliphatic rings. The van der Waals surface area contributed by atoms with Gasteiger partial charge in [0.15, 0.2) is 0 Å². The number of imide groups is 1. The Morgan fingerprint density at radius 1 is 1.13 bits per heavy atom. The molecule has 0 radical (unpaired) electrons. The molecule has 78 valence electrons. The van der Waals surface area contributed by atoms with Crippen LogP contribution in [-0.2, 0) is 9.59 Å².